The minimum Gasteiger partial charge on any atom is -0.415 e. The Morgan fingerprint density at radius 2 is 0.708 bits per heavy atom. The van der Waals surface area contributed by atoms with Crippen LogP contribution in [0.3, 0.4) is 0 Å². The molecule has 0 aliphatic heterocycles. The van der Waals surface area contributed by atoms with Gasteiger partial charge in [0, 0.05) is 0 Å². The van der Waals surface area contributed by atoms with Crippen molar-refractivity contribution in [1.82, 2.24) is 0 Å². The van der Waals surface area contributed by atoms with Gasteiger partial charge in [-0.3, -0.25) is 0 Å². The highest BCUT2D eigenvalue weighted by Crippen LogP contribution is 2.20. The maximum atomic E-state index is 6.48. The zero-order valence-electron chi connectivity index (χ0n) is 18.2. The van der Waals surface area contributed by atoms with E-state index in [9.17, 15) is 0 Å². The highest BCUT2D eigenvalue weighted by Gasteiger charge is 2.34. The van der Waals surface area contributed by atoms with Gasteiger partial charge in [-0.25, -0.2) is 0 Å². The van der Waals surface area contributed by atoms with Crippen molar-refractivity contribution in [1.29, 1.82) is 0 Å². The summed E-state index contributed by atoms with van der Waals surface area (Å²) in [4.78, 5) is 0. The van der Waals surface area contributed by atoms with E-state index in [4.69, 9.17) is 17.7 Å². The van der Waals surface area contributed by atoms with Crippen LogP contribution in [0.2, 0.25) is 78.6 Å². The van der Waals surface area contributed by atoms with Crippen molar-refractivity contribution >= 4 is 33.3 Å². The van der Waals surface area contributed by atoms with Crippen molar-refractivity contribution in [2.45, 2.75) is 90.8 Å². The second kappa shape index (κ2) is 9.07. The van der Waals surface area contributed by atoms with Crippen molar-refractivity contribution in [2.75, 3.05) is 13.2 Å². The average Bonchev–Trinajstić information content (AvgIpc) is 2.25. The molecule has 2 atom stereocenters. The quantitative estimate of drug-likeness (QED) is 0.442. The highest BCUT2D eigenvalue weighted by molar-refractivity contribution is 6.71. The number of hydrogen-bond donors (Lipinski definition) is 0. The fraction of sp³-hybridized carbons (Fsp3) is 1.00. The molecule has 8 heteroatoms. The van der Waals surface area contributed by atoms with Crippen LogP contribution in [-0.4, -0.2) is 58.7 Å². The lowest BCUT2D eigenvalue weighted by atomic mass is 10.2. The molecule has 0 aromatic carbocycles. The smallest absolute Gasteiger partial charge is 0.184 e. The number of hydrogen-bond acceptors (Lipinski definition) is 4. The van der Waals surface area contributed by atoms with Gasteiger partial charge >= 0.3 is 0 Å². The molecular formula is C16H42O4Si4. The zero-order valence-corrected chi connectivity index (χ0v) is 22.2. The van der Waals surface area contributed by atoms with E-state index in [1.807, 2.05) is 0 Å². The van der Waals surface area contributed by atoms with Crippen LogP contribution in [0.25, 0.3) is 0 Å². The Balaban J connectivity index is 5.26. The first-order chi connectivity index (χ1) is 10.4. The van der Waals surface area contributed by atoms with Gasteiger partial charge in [0.25, 0.3) is 0 Å². The van der Waals surface area contributed by atoms with Crippen molar-refractivity contribution in [3.05, 3.63) is 0 Å². The molecule has 0 heterocycles. The van der Waals surface area contributed by atoms with Crippen LogP contribution in [-0.2, 0) is 17.7 Å². The maximum absolute atomic E-state index is 6.48. The van der Waals surface area contributed by atoms with Crippen molar-refractivity contribution in [2.24, 2.45) is 0 Å². The molecule has 0 N–H and O–H groups in total. The molecule has 0 spiro atoms. The maximum Gasteiger partial charge on any atom is 0.184 e. The SMILES string of the molecule is C[Si](C)(C)OC[C@@H](O[Si](C)(C)C)[C@@H](CO[Si](C)(C)C)O[Si](C)(C)C. The molecule has 0 saturated carbocycles. The minimum atomic E-state index is -1.70. The Hall–Kier alpha value is 0.708. The van der Waals surface area contributed by atoms with E-state index in [2.05, 4.69) is 78.6 Å². The molecular weight excluding hydrogens is 369 g/mol. The van der Waals surface area contributed by atoms with E-state index in [0.717, 1.165) is 0 Å². The molecule has 0 amide bonds. The van der Waals surface area contributed by atoms with E-state index in [-0.39, 0.29) is 12.2 Å². The van der Waals surface area contributed by atoms with Gasteiger partial charge in [0.1, 0.15) is 0 Å². The molecule has 0 saturated heterocycles. The lowest BCUT2D eigenvalue weighted by Gasteiger charge is -2.38. The molecule has 0 aromatic heterocycles. The van der Waals surface area contributed by atoms with Gasteiger partial charge < -0.3 is 17.7 Å². The third-order valence-electron chi connectivity index (χ3n) is 2.79. The van der Waals surface area contributed by atoms with Gasteiger partial charge in [-0.15, -0.1) is 0 Å². The molecule has 4 nitrogen and oxygen atoms in total. The number of rotatable bonds is 11. The van der Waals surface area contributed by atoms with Gasteiger partial charge in [-0.05, 0) is 78.6 Å². The predicted molar refractivity (Wildman–Crippen MR) is 115 cm³/mol. The summed E-state index contributed by atoms with van der Waals surface area (Å²) in [5, 5.41) is 0. The van der Waals surface area contributed by atoms with Crippen LogP contribution in [0.1, 0.15) is 0 Å². The summed E-state index contributed by atoms with van der Waals surface area (Å²) < 4.78 is 25.3. The normalized spacial score (nSPS) is 17.0. The van der Waals surface area contributed by atoms with Crippen molar-refractivity contribution in [3.8, 4) is 0 Å². The zero-order chi connectivity index (χ0) is 19.4. The van der Waals surface area contributed by atoms with E-state index in [1.54, 1.807) is 0 Å². The molecule has 24 heavy (non-hydrogen) atoms. The van der Waals surface area contributed by atoms with Gasteiger partial charge in [-0.1, -0.05) is 0 Å². The lowest BCUT2D eigenvalue weighted by molar-refractivity contribution is -0.0121. The fourth-order valence-corrected chi connectivity index (χ4v) is 5.59. The molecule has 0 unspecified atom stereocenters. The van der Waals surface area contributed by atoms with Crippen LogP contribution < -0.4 is 0 Å². The summed E-state index contributed by atoms with van der Waals surface area (Å²) >= 11 is 0. The predicted octanol–water partition coefficient (Wildman–Crippen LogP) is 5.13. The van der Waals surface area contributed by atoms with Crippen LogP contribution in [0.15, 0.2) is 0 Å². The molecule has 146 valence electrons. The van der Waals surface area contributed by atoms with Crippen LogP contribution in [0.4, 0.5) is 0 Å². The van der Waals surface area contributed by atoms with Crippen LogP contribution in [0, 0.1) is 0 Å². The summed E-state index contributed by atoms with van der Waals surface area (Å²) in [7, 11) is -6.61. The Bertz CT molecular complexity index is 328. The van der Waals surface area contributed by atoms with Gasteiger partial charge in [0.2, 0.25) is 0 Å². The van der Waals surface area contributed by atoms with Crippen LogP contribution >= 0.6 is 0 Å². The first-order valence-electron chi connectivity index (χ1n) is 9.02. The molecule has 0 fully saturated rings. The first kappa shape index (κ1) is 24.7. The highest BCUT2D eigenvalue weighted by atomic mass is 28.4. The summed E-state index contributed by atoms with van der Waals surface area (Å²) in [5.41, 5.74) is 0. The topological polar surface area (TPSA) is 36.9 Å². The Labute approximate surface area is 155 Å². The molecule has 0 aromatic rings. The summed E-state index contributed by atoms with van der Waals surface area (Å²) in [6, 6.07) is 0. The standard InChI is InChI=1S/C16H42O4Si4/c1-21(2,3)17-13-15(19-23(7,8)9)16(20-24(10,11)12)14-18-22(4,5)6/h15-16H,13-14H2,1-12H3/t15-,16-/m1/s1. The Morgan fingerprint density at radius 3 is 0.875 bits per heavy atom. The van der Waals surface area contributed by atoms with Crippen molar-refractivity contribution in [3.63, 3.8) is 0 Å². The van der Waals surface area contributed by atoms with E-state index in [1.165, 1.54) is 0 Å². The molecule has 0 radical (unpaired) electrons. The van der Waals surface area contributed by atoms with E-state index < -0.39 is 33.3 Å². The third kappa shape index (κ3) is 15.0. The minimum absolute atomic E-state index is 0.0496. The van der Waals surface area contributed by atoms with Gasteiger partial charge in [0.05, 0.1) is 25.4 Å². The second-order valence-electron chi connectivity index (χ2n) is 10.4. The van der Waals surface area contributed by atoms with Crippen molar-refractivity contribution < 1.29 is 17.7 Å². The van der Waals surface area contributed by atoms with Gasteiger partial charge in [0.15, 0.2) is 33.3 Å². The molecule has 0 aliphatic carbocycles. The third-order valence-corrected chi connectivity index (χ3v) is 6.87. The van der Waals surface area contributed by atoms with Crippen LogP contribution in [0.5, 0.6) is 0 Å². The molecule has 0 rings (SSSR count). The summed E-state index contributed by atoms with van der Waals surface area (Å²) in [5.74, 6) is 0. The monoisotopic (exact) mass is 410 g/mol. The first-order valence-corrected chi connectivity index (χ1v) is 22.6. The second-order valence-corrected chi connectivity index (χ2v) is 28.3. The van der Waals surface area contributed by atoms with Gasteiger partial charge in [-0.2, -0.15) is 0 Å². The Morgan fingerprint density at radius 1 is 0.458 bits per heavy atom. The molecule has 0 bridgehead atoms. The molecule has 0 aliphatic rings. The summed E-state index contributed by atoms with van der Waals surface area (Å²) in [6.07, 6.45) is -0.0991. The fourth-order valence-electron chi connectivity index (χ4n) is 2.01. The lowest BCUT2D eigenvalue weighted by Crippen LogP contribution is -2.51. The van der Waals surface area contributed by atoms with E-state index in [0.29, 0.717) is 13.2 Å². The summed E-state index contributed by atoms with van der Waals surface area (Å²) in [6.45, 7) is 27.8. The Kier molecular flexibility index (Phi) is 9.34. The van der Waals surface area contributed by atoms with E-state index >= 15 is 0 Å². The largest absolute Gasteiger partial charge is 0.415 e. The average molecular weight is 411 g/mol.